The molecule has 0 saturated carbocycles. The molecule has 3 heterocycles. The van der Waals surface area contributed by atoms with Gasteiger partial charge in [0.25, 0.3) is 10.0 Å². The molecular formula is C25H27ClN8O5S. The summed E-state index contributed by atoms with van der Waals surface area (Å²) in [6, 6.07) is 5.22. The summed E-state index contributed by atoms with van der Waals surface area (Å²) in [5, 5.41) is 3.67. The van der Waals surface area contributed by atoms with Crippen LogP contribution < -0.4 is 37.1 Å². The normalized spacial score (nSPS) is 15.4. The molecule has 0 spiro atoms. The SMILES string of the molecule is CCOC1=CC=CC(=c2nc(N)c(=CC(N)=NS(=O)(=O)Cc3ncc(Cl)cn3)n2-c2c(OC)cccc2OC)N1. The summed E-state index contributed by atoms with van der Waals surface area (Å²) in [7, 11) is -1.11. The summed E-state index contributed by atoms with van der Waals surface area (Å²) in [5.74, 6) is 0.467. The molecule has 13 nitrogen and oxygen atoms in total. The fraction of sp³-hybridized carbons (Fsp3) is 0.200. The van der Waals surface area contributed by atoms with Crippen LogP contribution in [0.3, 0.4) is 0 Å². The molecule has 210 valence electrons. The van der Waals surface area contributed by atoms with Gasteiger partial charge in [-0.15, -0.1) is 4.40 Å². The Labute approximate surface area is 235 Å². The van der Waals surface area contributed by atoms with Crippen LogP contribution in [-0.4, -0.2) is 54.6 Å². The van der Waals surface area contributed by atoms with E-state index in [-0.39, 0.29) is 27.8 Å². The summed E-state index contributed by atoms with van der Waals surface area (Å²) >= 11 is 5.78. The maximum atomic E-state index is 12.7. The molecule has 40 heavy (non-hydrogen) atoms. The number of anilines is 1. The minimum absolute atomic E-state index is 0.0104. The van der Waals surface area contributed by atoms with Gasteiger partial charge in [0.2, 0.25) is 0 Å². The van der Waals surface area contributed by atoms with Crippen LogP contribution in [0.25, 0.3) is 17.5 Å². The van der Waals surface area contributed by atoms with Crippen molar-refractivity contribution in [1.82, 2.24) is 24.8 Å². The lowest BCUT2D eigenvalue weighted by atomic mass is 10.2. The number of sulfonamides is 1. The molecule has 0 saturated heterocycles. The van der Waals surface area contributed by atoms with Crippen LogP contribution in [0.15, 0.2) is 59.1 Å². The lowest BCUT2D eigenvalue weighted by molar-refractivity contribution is 0.215. The van der Waals surface area contributed by atoms with E-state index < -0.39 is 15.8 Å². The number of amidine groups is 1. The first-order valence-electron chi connectivity index (χ1n) is 11.8. The highest BCUT2D eigenvalue weighted by Gasteiger charge is 2.20. The van der Waals surface area contributed by atoms with Crippen LogP contribution in [0.2, 0.25) is 5.02 Å². The molecule has 0 amide bonds. The van der Waals surface area contributed by atoms with Gasteiger partial charge in [0.1, 0.15) is 34.6 Å². The van der Waals surface area contributed by atoms with Crippen molar-refractivity contribution in [3.05, 3.63) is 76.4 Å². The zero-order valence-electron chi connectivity index (χ0n) is 21.8. The zero-order chi connectivity index (χ0) is 28.9. The molecule has 15 heteroatoms. The second-order valence-electron chi connectivity index (χ2n) is 8.12. The molecule has 0 fully saturated rings. The third kappa shape index (κ3) is 6.35. The topological polar surface area (TPSA) is 182 Å². The number of nitrogen functional groups attached to an aromatic ring is 1. The Bertz CT molecular complexity index is 1710. The Balaban J connectivity index is 1.94. The Morgan fingerprint density at radius 2 is 1.88 bits per heavy atom. The first-order chi connectivity index (χ1) is 19.2. The number of para-hydroxylation sites is 1. The van der Waals surface area contributed by atoms with Gasteiger partial charge in [-0.2, -0.15) is 0 Å². The quantitative estimate of drug-likeness (QED) is 0.237. The first-order valence-corrected chi connectivity index (χ1v) is 13.8. The van der Waals surface area contributed by atoms with Crippen molar-refractivity contribution in [3.8, 4) is 17.2 Å². The molecule has 0 aliphatic carbocycles. The van der Waals surface area contributed by atoms with E-state index in [0.29, 0.717) is 40.9 Å². The van der Waals surface area contributed by atoms with E-state index in [1.807, 2.05) is 6.92 Å². The third-order valence-electron chi connectivity index (χ3n) is 5.39. The number of ether oxygens (including phenoxy) is 3. The van der Waals surface area contributed by atoms with E-state index in [1.54, 1.807) is 41.0 Å². The number of dihydropyridines is 1. The van der Waals surface area contributed by atoms with Gasteiger partial charge in [-0.3, -0.25) is 4.57 Å². The second-order valence-corrected chi connectivity index (χ2v) is 10.2. The van der Waals surface area contributed by atoms with E-state index >= 15 is 0 Å². The summed E-state index contributed by atoms with van der Waals surface area (Å²) in [6.07, 6.45) is 9.20. The number of aromatic nitrogens is 4. The second kappa shape index (κ2) is 12.1. The summed E-state index contributed by atoms with van der Waals surface area (Å²) < 4.78 is 47.7. The number of hydrogen-bond acceptors (Lipinski definition) is 10. The van der Waals surface area contributed by atoms with E-state index in [4.69, 9.17) is 37.3 Å². The molecular weight excluding hydrogens is 560 g/mol. The smallest absolute Gasteiger partial charge is 0.262 e. The summed E-state index contributed by atoms with van der Waals surface area (Å²) in [5.41, 5.74) is 13.8. The van der Waals surface area contributed by atoms with Crippen molar-refractivity contribution >= 4 is 45.1 Å². The highest BCUT2D eigenvalue weighted by Crippen LogP contribution is 2.30. The van der Waals surface area contributed by atoms with Crippen LogP contribution in [0.5, 0.6) is 11.5 Å². The lowest BCUT2D eigenvalue weighted by Crippen LogP contribution is -2.34. The van der Waals surface area contributed by atoms with Gasteiger partial charge >= 0.3 is 0 Å². The molecule has 1 aliphatic heterocycles. The maximum Gasteiger partial charge on any atom is 0.262 e. The van der Waals surface area contributed by atoms with Crippen molar-refractivity contribution < 1.29 is 22.6 Å². The third-order valence-corrected chi connectivity index (χ3v) is 6.70. The van der Waals surface area contributed by atoms with Gasteiger partial charge in [-0.05, 0) is 31.2 Å². The fourth-order valence-corrected chi connectivity index (χ4v) is 4.81. The number of nitrogens with zero attached hydrogens (tertiary/aromatic N) is 5. The molecule has 2 aromatic heterocycles. The lowest BCUT2D eigenvalue weighted by Gasteiger charge is -2.17. The molecule has 1 aromatic carbocycles. The number of imidazole rings is 1. The predicted octanol–water partition coefficient (Wildman–Crippen LogP) is 0.728. The number of rotatable bonds is 9. The van der Waals surface area contributed by atoms with Crippen molar-refractivity contribution in [2.75, 3.05) is 26.6 Å². The van der Waals surface area contributed by atoms with Gasteiger partial charge < -0.3 is 31.0 Å². The Morgan fingerprint density at radius 3 is 2.50 bits per heavy atom. The maximum absolute atomic E-state index is 12.7. The molecule has 0 bridgehead atoms. The Hall–Kier alpha value is -4.56. The van der Waals surface area contributed by atoms with Crippen molar-refractivity contribution in [3.63, 3.8) is 0 Å². The highest BCUT2D eigenvalue weighted by molar-refractivity contribution is 7.89. The monoisotopic (exact) mass is 586 g/mol. The fourth-order valence-electron chi connectivity index (χ4n) is 3.80. The Kier molecular flexibility index (Phi) is 8.60. The molecule has 3 aromatic rings. The van der Waals surface area contributed by atoms with E-state index in [1.165, 1.54) is 32.7 Å². The average molecular weight is 587 g/mol. The first kappa shape index (κ1) is 28.4. The van der Waals surface area contributed by atoms with Crippen LogP contribution in [0, 0.1) is 0 Å². The average Bonchev–Trinajstić information content (AvgIpc) is 3.24. The van der Waals surface area contributed by atoms with Crippen LogP contribution in [-0.2, 0) is 20.5 Å². The van der Waals surface area contributed by atoms with E-state index in [2.05, 4.69) is 24.7 Å². The van der Waals surface area contributed by atoms with Gasteiger partial charge in [0.15, 0.2) is 17.2 Å². The van der Waals surface area contributed by atoms with Crippen molar-refractivity contribution in [1.29, 1.82) is 0 Å². The van der Waals surface area contributed by atoms with E-state index in [9.17, 15) is 8.42 Å². The number of halogens is 1. The highest BCUT2D eigenvalue weighted by atomic mass is 35.5. The van der Waals surface area contributed by atoms with Crippen LogP contribution in [0.1, 0.15) is 12.7 Å². The number of hydrogen-bond donors (Lipinski definition) is 3. The molecule has 0 atom stereocenters. The number of benzene rings is 1. The van der Waals surface area contributed by atoms with E-state index in [0.717, 1.165) is 0 Å². The van der Waals surface area contributed by atoms with Gasteiger partial charge in [0.05, 0.1) is 36.9 Å². The number of nitrogens with one attached hydrogen (secondary N) is 1. The predicted molar refractivity (Wildman–Crippen MR) is 151 cm³/mol. The number of allylic oxidation sites excluding steroid dienone is 2. The van der Waals surface area contributed by atoms with Crippen LogP contribution >= 0.6 is 11.6 Å². The number of nitrogens with two attached hydrogens (primary N) is 2. The van der Waals surface area contributed by atoms with Gasteiger partial charge in [0, 0.05) is 18.5 Å². The molecule has 0 radical (unpaired) electrons. The molecule has 4 rings (SSSR count). The molecule has 0 unspecified atom stereocenters. The number of methoxy groups -OCH3 is 2. The van der Waals surface area contributed by atoms with Gasteiger partial charge in [-0.1, -0.05) is 23.7 Å². The van der Waals surface area contributed by atoms with Crippen LogP contribution in [0.4, 0.5) is 5.82 Å². The molecule has 5 N–H and O–H groups in total. The minimum atomic E-state index is -4.12. The minimum Gasteiger partial charge on any atom is -0.494 e. The Morgan fingerprint density at radius 1 is 1.20 bits per heavy atom. The largest absolute Gasteiger partial charge is 0.494 e. The van der Waals surface area contributed by atoms with Gasteiger partial charge in [-0.25, -0.2) is 23.4 Å². The molecule has 1 aliphatic rings. The summed E-state index contributed by atoms with van der Waals surface area (Å²) in [6.45, 7) is 2.31. The van der Waals surface area contributed by atoms with Crippen molar-refractivity contribution in [2.24, 2.45) is 10.1 Å². The summed E-state index contributed by atoms with van der Waals surface area (Å²) in [4.78, 5) is 12.4. The standard InChI is InChI=1S/C25H27ClN8O5S/c1-4-39-22-10-5-7-16(31-22)25-32-24(28)17(34(25)23-18(37-2)8-6-9-19(23)38-3)11-20(27)33-40(35,36)14-21-29-12-15(26)13-30-21/h5-13,31H,4,14H2,1-3H3,(H2,27,33)(H2,28,32). The van der Waals surface area contributed by atoms with Crippen molar-refractivity contribution in [2.45, 2.75) is 12.7 Å². The zero-order valence-corrected chi connectivity index (χ0v) is 23.4.